The van der Waals surface area contributed by atoms with Gasteiger partial charge in [0.05, 0.1) is 5.69 Å². The second-order valence-electron chi connectivity index (χ2n) is 6.82. The summed E-state index contributed by atoms with van der Waals surface area (Å²) in [6.07, 6.45) is 1.43. The molecule has 1 aromatic rings. The highest BCUT2D eigenvalue weighted by Crippen LogP contribution is 2.26. The quantitative estimate of drug-likeness (QED) is 0.901. The number of anilines is 1. The van der Waals surface area contributed by atoms with E-state index >= 15 is 0 Å². The van der Waals surface area contributed by atoms with E-state index in [1.165, 1.54) is 4.68 Å². The van der Waals surface area contributed by atoms with Gasteiger partial charge in [-0.2, -0.15) is 9.78 Å². The van der Waals surface area contributed by atoms with E-state index in [1.807, 2.05) is 48.5 Å². The maximum absolute atomic E-state index is 12.6. The van der Waals surface area contributed by atoms with Crippen LogP contribution in [0.3, 0.4) is 0 Å². The smallest absolute Gasteiger partial charge is 0.254 e. The predicted molar refractivity (Wildman–Crippen MR) is 84.4 cm³/mol. The molecule has 1 N–H and O–H groups in total. The first-order valence-electron chi connectivity index (χ1n) is 7.48. The molecule has 0 aliphatic rings. The van der Waals surface area contributed by atoms with E-state index < -0.39 is 10.8 Å². The van der Waals surface area contributed by atoms with E-state index in [1.54, 1.807) is 6.07 Å². The zero-order valence-electron chi connectivity index (χ0n) is 14.2. The molecule has 0 unspecified atom stereocenters. The van der Waals surface area contributed by atoms with E-state index in [9.17, 15) is 9.59 Å². The molecule has 0 fully saturated rings. The van der Waals surface area contributed by atoms with E-state index in [0.29, 0.717) is 17.9 Å². The summed E-state index contributed by atoms with van der Waals surface area (Å²) < 4.78 is 1.32. The van der Waals surface area contributed by atoms with Gasteiger partial charge in [-0.3, -0.25) is 9.59 Å². The molecule has 1 aromatic heterocycles. The summed E-state index contributed by atoms with van der Waals surface area (Å²) in [5.41, 5.74) is -0.287. The van der Waals surface area contributed by atoms with Crippen LogP contribution in [0.1, 0.15) is 64.9 Å². The molecular formula is C16H27N3O2. The maximum atomic E-state index is 12.6. The normalized spacial score (nSPS) is 12.3. The van der Waals surface area contributed by atoms with Gasteiger partial charge in [0.15, 0.2) is 0 Å². The first-order chi connectivity index (χ1) is 9.55. The number of rotatable bonds is 5. The van der Waals surface area contributed by atoms with E-state index in [0.717, 1.165) is 6.42 Å². The van der Waals surface area contributed by atoms with Gasteiger partial charge < -0.3 is 5.32 Å². The third-order valence-corrected chi connectivity index (χ3v) is 4.23. The SMILES string of the molecule is CCC(C)(C)C(=O)Nc1cc(C)nn1C(=O)C(C)(C)CC. The highest BCUT2D eigenvalue weighted by molar-refractivity contribution is 5.96. The molecule has 5 heteroatoms. The Morgan fingerprint density at radius 2 is 1.67 bits per heavy atom. The topological polar surface area (TPSA) is 64.0 Å². The van der Waals surface area contributed by atoms with Gasteiger partial charge in [0, 0.05) is 16.9 Å². The van der Waals surface area contributed by atoms with Crippen molar-refractivity contribution in [3.63, 3.8) is 0 Å². The largest absolute Gasteiger partial charge is 0.310 e. The Hall–Kier alpha value is -1.65. The summed E-state index contributed by atoms with van der Waals surface area (Å²) in [4.78, 5) is 24.9. The van der Waals surface area contributed by atoms with E-state index in [4.69, 9.17) is 0 Å². The van der Waals surface area contributed by atoms with Crippen molar-refractivity contribution in [1.29, 1.82) is 0 Å². The summed E-state index contributed by atoms with van der Waals surface area (Å²) >= 11 is 0. The average molecular weight is 293 g/mol. The van der Waals surface area contributed by atoms with Crippen molar-refractivity contribution in [3.8, 4) is 0 Å². The van der Waals surface area contributed by atoms with Crippen molar-refractivity contribution >= 4 is 17.6 Å². The minimum Gasteiger partial charge on any atom is -0.310 e. The minimum atomic E-state index is -0.516. The van der Waals surface area contributed by atoms with Gasteiger partial charge in [-0.05, 0) is 19.8 Å². The Morgan fingerprint density at radius 3 is 2.14 bits per heavy atom. The standard InChI is InChI=1S/C16H27N3O2/c1-8-15(4,5)13(20)17-12-10-11(3)18-19(12)14(21)16(6,7)9-2/h10H,8-9H2,1-7H3,(H,17,20). The van der Waals surface area contributed by atoms with Crippen molar-refractivity contribution in [1.82, 2.24) is 9.78 Å². The number of amides is 1. The second kappa shape index (κ2) is 6.00. The fourth-order valence-corrected chi connectivity index (χ4v) is 1.63. The van der Waals surface area contributed by atoms with Crippen LogP contribution in [0, 0.1) is 17.8 Å². The van der Waals surface area contributed by atoms with Crippen LogP contribution in [0.4, 0.5) is 5.82 Å². The van der Waals surface area contributed by atoms with Crippen LogP contribution in [0.25, 0.3) is 0 Å². The molecule has 0 atom stereocenters. The molecule has 0 saturated carbocycles. The molecule has 21 heavy (non-hydrogen) atoms. The number of carbonyl (C=O) groups is 2. The molecule has 1 amide bonds. The summed E-state index contributed by atoms with van der Waals surface area (Å²) in [5, 5.41) is 7.08. The van der Waals surface area contributed by atoms with Crippen molar-refractivity contribution in [2.45, 2.75) is 61.3 Å². The molecule has 0 aliphatic heterocycles. The zero-order valence-corrected chi connectivity index (χ0v) is 14.2. The Kier molecular flexibility index (Phi) is 4.97. The van der Waals surface area contributed by atoms with Crippen LogP contribution in [0.2, 0.25) is 0 Å². The first-order valence-corrected chi connectivity index (χ1v) is 7.48. The number of nitrogens with one attached hydrogen (secondary N) is 1. The highest BCUT2D eigenvalue weighted by Gasteiger charge is 2.31. The minimum absolute atomic E-state index is 0.103. The Balaban J connectivity index is 3.12. The zero-order chi connectivity index (χ0) is 16.4. The third-order valence-electron chi connectivity index (χ3n) is 4.23. The van der Waals surface area contributed by atoms with Gasteiger partial charge in [0.25, 0.3) is 5.91 Å². The van der Waals surface area contributed by atoms with Crippen LogP contribution < -0.4 is 5.32 Å². The van der Waals surface area contributed by atoms with Crippen LogP contribution in [-0.2, 0) is 4.79 Å². The van der Waals surface area contributed by atoms with Crippen LogP contribution in [0.15, 0.2) is 6.07 Å². The van der Waals surface area contributed by atoms with E-state index in [2.05, 4.69) is 10.4 Å². The molecule has 0 bridgehead atoms. The van der Waals surface area contributed by atoms with Crippen molar-refractivity contribution in [2.24, 2.45) is 10.8 Å². The molecule has 1 rings (SSSR count). The van der Waals surface area contributed by atoms with Crippen LogP contribution in [0.5, 0.6) is 0 Å². The van der Waals surface area contributed by atoms with E-state index in [-0.39, 0.29) is 11.8 Å². The fraction of sp³-hybridized carbons (Fsp3) is 0.688. The molecule has 0 aliphatic carbocycles. The summed E-state index contributed by atoms with van der Waals surface area (Å²) in [5.74, 6) is 0.238. The van der Waals surface area contributed by atoms with Gasteiger partial charge >= 0.3 is 0 Å². The Bertz CT molecular complexity index is 542. The molecule has 0 spiro atoms. The first kappa shape index (κ1) is 17.4. The third kappa shape index (κ3) is 3.71. The van der Waals surface area contributed by atoms with Crippen molar-refractivity contribution < 1.29 is 9.59 Å². The van der Waals surface area contributed by atoms with Crippen LogP contribution in [-0.4, -0.2) is 21.6 Å². The summed E-state index contributed by atoms with van der Waals surface area (Å²) in [6, 6.07) is 1.73. The van der Waals surface area contributed by atoms with Gasteiger partial charge in [-0.1, -0.05) is 41.5 Å². The van der Waals surface area contributed by atoms with Gasteiger partial charge in [-0.15, -0.1) is 0 Å². The number of nitrogens with zero attached hydrogens (tertiary/aromatic N) is 2. The average Bonchev–Trinajstić information content (AvgIpc) is 2.78. The summed E-state index contributed by atoms with van der Waals surface area (Å²) in [7, 11) is 0. The van der Waals surface area contributed by atoms with Crippen molar-refractivity contribution in [3.05, 3.63) is 11.8 Å². The Labute approximate surface area is 127 Å². The molecular weight excluding hydrogens is 266 g/mol. The highest BCUT2D eigenvalue weighted by atomic mass is 16.2. The Morgan fingerprint density at radius 1 is 1.14 bits per heavy atom. The number of hydrogen-bond donors (Lipinski definition) is 1. The lowest BCUT2D eigenvalue weighted by Gasteiger charge is -2.24. The second-order valence-corrected chi connectivity index (χ2v) is 6.82. The number of aromatic nitrogens is 2. The lowest BCUT2D eigenvalue weighted by Crippen LogP contribution is -2.34. The summed E-state index contributed by atoms with van der Waals surface area (Å²) in [6.45, 7) is 13.3. The number of aryl methyl sites for hydroxylation is 1. The fourth-order valence-electron chi connectivity index (χ4n) is 1.63. The van der Waals surface area contributed by atoms with Gasteiger partial charge in [0.2, 0.25) is 5.91 Å². The van der Waals surface area contributed by atoms with Gasteiger partial charge in [-0.25, -0.2) is 0 Å². The lowest BCUT2D eigenvalue weighted by molar-refractivity contribution is -0.124. The monoisotopic (exact) mass is 293 g/mol. The molecule has 0 saturated heterocycles. The maximum Gasteiger partial charge on any atom is 0.254 e. The van der Waals surface area contributed by atoms with Crippen LogP contribution >= 0.6 is 0 Å². The molecule has 0 radical (unpaired) electrons. The molecule has 5 nitrogen and oxygen atoms in total. The molecule has 1 heterocycles. The lowest BCUT2D eigenvalue weighted by atomic mass is 9.89. The van der Waals surface area contributed by atoms with Gasteiger partial charge in [0.1, 0.15) is 5.82 Å². The predicted octanol–water partition coefficient (Wildman–Crippen LogP) is 3.64. The number of hydrogen-bond acceptors (Lipinski definition) is 3. The molecule has 118 valence electrons. The van der Waals surface area contributed by atoms with Crippen molar-refractivity contribution in [2.75, 3.05) is 5.32 Å². The molecule has 0 aromatic carbocycles. The number of carbonyl (C=O) groups excluding carboxylic acids is 2.